The molecule has 0 saturated carbocycles. The van der Waals surface area contributed by atoms with Gasteiger partial charge in [0.05, 0.1) is 6.54 Å². The first kappa shape index (κ1) is 15.2. The molecule has 0 unspecified atom stereocenters. The molecule has 1 aromatic carbocycles. The molecule has 1 N–H and O–H groups in total. The number of hydrogen-bond donors (Lipinski definition) is 1. The monoisotopic (exact) mass is 330 g/mol. The second-order valence-electron chi connectivity index (χ2n) is 4.97. The summed E-state index contributed by atoms with van der Waals surface area (Å²) in [6.45, 7) is 0.980. The van der Waals surface area contributed by atoms with Gasteiger partial charge in [0.25, 0.3) is 5.91 Å². The van der Waals surface area contributed by atoms with Gasteiger partial charge in [-0.3, -0.25) is 4.79 Å². The van der Waals surface area contributed by atoms with Crippen molar-refractivity contribution in [3.63, 3.8) is 0 Å². The van der Waals surface area contributed by atoms with Crippen LogP contribution in [0.3, 0.4) is 0 Å². The van der Waals surface area contributed by atoms with Gasteiger partial charge in [-0.15, -0.1) is 5.10 Å². The van der Waals surface area contributed by atoms with Gasteiger partial charge >= 0.3 is 0 Å². The fourth-order valence-corrected chi connectivity index (χ4v) is 2.25. The average molecular weight is 331 g/mol. The van der Waals surface area contributed by atoms with Gasteiger partial charge in [0.15, 0.2) is 0 Å². The fourth-order valence-electron chi connectivity index (χ4n) is 2.13. The minimum atomic E-state index is -0.387. The molecule has 0 atom stereocenters. The number of aryl methyl sites for hydroxylation is 1. The molecule has 0 aliphatic carbocycles. The first-order valence-electron chi connectivity index (χ1n) is 7.02. The predicted molar refractivity (Wildman–Crippen MR) is 85.0 cm³/mol. The van der Waals surface area contributed by atoms with Crippen LogP contribution in [0.25, 0.3) is 0 Å². The minimum absolute atomic E-state index is 0.0404. The Labute approximate surface area is 137 Å². The summed E-state index contributed by atoms with van der Waals surface area (Å²) in [5.41, 5.74) is 1.16. The number of nitrogens with zero attached hydrogens (tertiary/aromatic N) is 5. The van der Waals surface area contributed by atoms with E-state index >= 15 is 0 Å². The van der Waals surface area contributed by atoms with E-state index in [-0.39, 0.29) is 23.6 Å². The highest BCUT2D eigenvalue weighted by Gasteiger charge is 2.14. The fraction of sp³-hybridized carbons (Fsp3) is 0.200. The van der Waals surface area contributed by atoms with Gasteiger partial charge in [-0.1, -0.05) is 30.3 Å². The minimum Gasteiger partial charge on any atom is -0.342 e. The summed E-state index contributed by atoms with van der Waals surface area (Å²) in [4.78, 5) is 20.2. The van der Waals surface area contributed by atoms with Crippen LogP contribution in [-0.2, 0) is 20.1 Å². The topological polar surface area (TPSA) is 77.6 Å². The van der Waals surface area contributed by atoms with E-state index in [9.17, 15) is 4.79 Å². The number of halogens is 1. The maximum Gasteiger partial charge on any atom is 0.291 e. The number of carbonyl (C=O) groups excluding carboxylic acids is 1. The second kappa shape index (κ2) is 6.62. The maximum atomic E-state index is 12.0. The Bertz CT molecular complexity index is 791. The molecule has 2 heterocycles. The third-order valence-electron chi connectivity index (χ3n) is 3.32. The Balaban J connectivity index is 1.65. The van der Waals surface area contributed by atoms with E-state index in [0.717, 1.165) is 11.4 Å². The van der Waals surface area contributed by atoms with Crippen molar-refractivity contribution in [2.24, 2.45) is 7.05 Å². The van der Waals surface area contributed by atoms with Crippen molar-refractivity contribution in [1.29, 1.82) is 0 Å². The predicted octanol–water partition coefficient (Wildman–Crippen LogP) is 1.64. The lowest BCUT2D eigenvalue weighted by molar-refractivity contribution is 0.0939. The number of benzene rings is 1. The van der Waals surface area contributed by atoms with Crippen molar-refractivity contribution < 1.29 is 4.79 Å². The van der Waals surface area contributed by atoms with Gasteiger partial charge in [0.2, 0.25) is 11.1 Å². The van der Waals surface area contributed by atoms with Crippen LogP contribution in [0.5, 0.6) is 0 Å². The van der Waals surface area contributed by atoms with E-state index < -0.39 is 0 Å². The highest BCUT2D eigenvalue weighted by Crippen LogP contribution is 2.06. The highest BCUT2D eigenvalue weighted by molar-refractivity contribution is 6.28. The number of hydrogen-bond acceptors (Lipinski definition) is 4. The van der Waals surface area contributed by atoms with Crippen LogP contribution in [0.15, 0.2) is 42.7 Å². The molecule has 8 heteroatoms. The molecule has 1 amide bonds. The standard InChI is InChI=1S/C15H15ClN6O/c1-21-15(16)19-13(20-21)14(23)18-9-12-17-7-8-22(12)10-11-5-3-2-4-6-11/h2-8H,9-10H2,1H3,(H,18,23). The van der Waals surface area contributed by atoms with Crippen molar-refractivity contribution in [1.82, 2.24) is 29.6 Å². The van der Waals surface area contributed by atoms with Crippen molar-refractivity contribution >= 4 is 17.5 Å². The summed E-state index contributed by atoms with van der Waals surface area (Å²) in [6, 6.07) is 10.0. The van der Waals surface area contributed by atoms with Gasteiger partial charge in [-0.05, 0) is 17.2 Å². The van der Waals surface area contributed by atoms with E-state index in [4.69, 9.17) is 11.6 Å². The zero-order chi connectivity index (χ0) is 16.2. The summed E-state index contributed by atoms with van der Waals surface area (Å²) in [7, 11) is 1.62. The van der Waals surface area contributed by atoms with E-state index in [0.29, 0.717) is 6.54 Å². The first-order chi connectivity index (χ1) is 11.1. The molecule has 0 aliphatic rings. The summed E-state index contributed by atoms with van der Waals surface area (Å²) >= 11 is 5.78. The number of amides is 1. The smallest absolute Gasteiger partial charge is 0.291 e. The van der Waals surface area contributed by atoms with Crippen LogP contribution < -0.4 is 5.32 Å². The Kier molecular flexibility index (Phi) is 4.38. The van der Waals surface area contributed by atoms with Crippen molar-refractivity contribution in [3.05, 3.63) is 65.2 Å². The Morgan fingerprint density at radius 3 is 2.78 bits per heavy atom. The molecule has 0 fully saturated rings. The van der Waals surface area contributed by atoms with Gasteiger partial charge in [0.1, 0.15) is 5.82 Å². The van der Waals surface area contributed by atoms with Gasteiger partial charge < -0.3 is 9.88 Å². The van der Waals surface area contributed by atoms with E-state index in [1.165, 1.54) is 4.68 Å². The lowest BCUT2D eigenvalue weighted by Gasteiger charge is -2.08. The number of imidazole rings is 1. The van der Waals surface area contributed by atoms with E-state index in [1.807, 2.05) is 41.1 Å². The largest absolute Gasteiger partial charge is 0.342 e. The molecule has 0 aliphatic heterocycles. The Hall–Kier alpha value is -2.67. The third kappa shape index (κ3) is 3.57. The van der Waals surface area contributed by atoms with Crippen molar-refractivity contribution in [2.75, 3.05) is 0 Å². The van der Waals surface area contributed by atoms with Crippen molar-refractivity contribution in [2.45, 2.75) is 13.1 Å². The summed E-state index contributed by atoms with van der Waals surface area (Å²) in [5, 5.41) is 6.85. The number of nitrogens with one attached hydrogen (secondary N) is 1. The molecule has 0 radical (unpaired) electrons. The zero-order valence-corrected chi connectivity index (χ0v) is 13.2. The van der Waals surface area contributed by atoms with Crippen LogP contribution in [0.4, 0.5) is 0 Å². The number of aromatic nitrogens is 5. The quantitative estimate of drug-likeness (QED) is 0.771. The van der Waals surface area contributed by atoms with E-state index in [2.05, 4.69) is 20.4 Å². The molecule has 3 aromatic rings. The summed E-state index contributed by atoms with van der Waals surface area (Å²) in [6.07, 6.45) is 3.59. The van der Waals surface area contributed by atoms with Gasteiger partial charge in [-0.25, -0.2) is 9.67 Å². The molecule has 23 heavy (non-hydrogen) atoms. The molecule has 7 nitrogen and oxygen atoms in total. The molecular weight excluding hydrogens is 316 g/mol. The first-order valence-corrected chi connectivity index (χ1v) is 7.40. The maximum absolute atomic E-state index is 12.0. The Morgan fingerprint density at radius 1 is 1.30 bits per heavy atom. The van der Waals surface area contributed by atoms with Gasteiger partial charge in [0, 0.05) is 26.0 Å². The average Bonchev–Trinajstić information content (AvgIpc) is 3.13. The molecule has 0 bridgehead atoms. The highest BCUT2D eigenvalue weighted by atomic mass is 35.5. The summed E-state index contributed by atoms with van der Waals surface area (Å²) in [5.74, 6) is 0.407. The van der Waals surface area contributed by atoms with E-state index in [1.54, 1.807) is 13.2 Å². The second-order valence-corrected chi connectivity index (χ2v) is 5.31. The van der Waals surface area contributed by atoms with Crippen LogP contribution >= 0.6 is 11.6 Å². The van der Waals surface area contributed by atoms with Crippen LogP contribution in [0.1, 0.15) is 22.0 Å². The number of rotatable bonds is 5. The third-order valence-corrected chi connectivity index (χ3v) is 3.65. The van der Waals surface area contributed by atoms with Crippen LogP contribution in [0.2, 0.25) is 5.28 Å². The van der Waals surface area contributed by atoms with Gasteiger partial charge in [-0.2, -0.15) is 4.98 Å². The molecule has 2 aromatic heterocycles. The molecule has 0 spiro atoms. The molecule has 118 valence electrons. The summed E-state index contributed by atoms with van der Waals surface area (Å²) < 4.78 is 3.32. The SMILES string of the molecule is Cn1nc(C(=O)NCc2nccn2Cc2ccccc2)nc1Cl. The zero-order valence-electron chi connectivity index (χ0n) is 12.5. The molecular formula is C15H15ClN6O. The van der Waals surface area contributed by atoms with Crippen LogP contribution in [-0.4, -0.2) is 30.2 Å². The molecule has 3 rings (SSSR count). The number of carbonyl (C=O) groups is 1. The molecule has 0 saturated heterocycles. The van der Waals surface area contributed by atoms with Crippen molar-refractivity contribution in [3.8, 4) is 0 Å². The van der Waals surface area contributed by atoms with Crippen LogP contribution in [0, 0.1) is 0 Å². The lowest BCUT2D eigenvalue weighted by Crippen LogP contribution is -2.26. The normalized spacial score (nSPS) is 10.7. The lowest BCUT2D eigenvalue weighted by atomic mass is 10.2. The Morgan fingerprint density at radius 2 is 2.09 bits per heavy atom.